The van der Waals surface area contributed by atoms with Crippen LogP contribution in [0, 0.1) is 17.1 Å². The Morgan fingerprint density at radius 2 is 2.04 bits per heavy atom. The second kappa shape index (κ2) is 5.92. The zero-order valence-electron chi connectivity index (χ0n) is 14.0. The largest absolute Gasteiger partial charge is 0.302 e. The lowest BCUT2D eigenvalue weighted by Crippen LogP contribution is -2.12. The van der Waals surface area contributed by atoms with Gasteiger partial charge in [0.15, 0.2) is 5.13 Å². The zero-order valence-corrected chi connectivity index (χ0v) is 14.8. The van der Waals surface area contributed by atoms with Crippen LogP contribution in [0.4, 0.5) is 5.13 Å². The average molecular weight is 358 g/mol. The van der Waals surface area contributed by atoms with Gasteiger partial charge in [0.2, 0.25) is 5.91 Å². The standard InChI is InChI=1S/C19H15BN4OS/c21-10-20-8-13-4-3-12(7-14(13)9-20)15-5-6-16-18(22-15)26-19(23-16)24-17(25)11-1-2-11/h3-7,11H,1-2,8-9H2,(H,23,24,25). The van der Waals surface area contributed by atoms with E-state index in [1.165, 1.54) is 22.5 Å². The van der Waals surface area contributed by atoms with Gasteiger partial charge in [-0.1, -0.05) is 40.7 Å². The van der Waals surface area contributed by atoms with Crippen molar-refractivity contribution < 1.29 is 4.79 Å². The molecule has 1 saturated carbocycles. The van der Waals surface area contributed by atoms with Gasteiger partial charge < -0.3 is 5.32 Å². The van der Waals surface area contributed by atoms with Crippen molar-refractivity contribution in [3.8, 4) is 17.2 Å². The molecule has 126 valence electrons. The summed E-state index contributed by atoms with van der Waals surface area (Å²) in [5.74, 6) is 2.59. The van der Waals surface area contributed by atoms with Crippen molar-refractivity contribution in [1.82, 2.24) is 9.97 Å². The van der Waals surface area contributed by atoms with Crippen LogP contribution >= 0.6 is 11.3 Å². The second-order valence-electron chi connectivity index (χ2n) is 7.02. The van der Waals surface area contributed by atoms with Crippen molar-refractivity contribution in [2.24, 2.45) is 5.92 Å². The maximum absolute atomic E-state index is 11.9. The van der Waals surface area contributed by atoms with E-state index in [0.717, 1.165) is 47.1 Å². The lowest BCUT2D eigenvalue weighted by Gasteiger charge is -2.04. The lowest BCUT2D eigenvalue weighted by molar-refractivity contribution is -0.117. The molecule has 1 fully saturated rings. The van der Waals surface area contributed by atoms with Crippen molar-refractivity contribution >= 4 is 39.4 Å². The van der Waals surface area contributed by atoms with Gasteiger partial charge in [0.05, 0.1) is 5.69 Å². The quantitative estimate of drug-likeness (QED) is 0.728. The molecular formula is C19H15BN4OS. The first-order chi connectivity index (χ1) is 12.7. The van der Waals surface area contributed by atoms with Gasteiger partial charge in [-0.2, -0.15) is 0 Å². The van der Waals surface area contributed by atoms with Gasteiger partial charge in [0.25, 0.3) is 6.71 Å². The number of nitrogens with one attached hydrogen (secondary N) is 1. The van der Waals surface area contributed by atoms with Crippen LogP contribution < -0.4 is 5.32 Å². The Hall–Kier alpha value is -2.72. The van der Waals surface area contributed by atoms with Gasteiger partial charge in [-0.05, 0) is 37.6 Å². The molecule has 2 aromatic heterocycles. The second-order valence-corrected chi connectivity index (χ2v) is 8.00. The highest BCUT2D eigenvalue weighted by atomic mass is 32.1. The monoisotopic (exact) mass is 358 g/mol. The number of nitriles is 1. The number of anilines is 1. The number of nitrogens with zero attached hydrogens (tertiary/aromatic N) is 3. The third-order valence-corrected chi connectivity index (χ3v) is 5.93. The Bertz CT molecular complexity index is 1080. The molecule has 0 saturated heterocycles. The third kappa shape index (κ3) is 2.76. The number of carbonyl (C=O) groups excluding carboxylic acids is 1. The van der Waals surface area contributed by atoms with E-state index < -0.39 is 0 Å². The van der Waals surface area contributed by atoms with E-state index in [9.17, 15) is 4.79 Å². The highest BCUT2D eigenvalue weighted by Gasteiger charge is 2.30. The minimum atomic E-state index is 0.0648. The number of pyridine rings is 1. The van der Waals surface area contributed by atoms with Crippen LogP contribution in [0.5, 0.6) is 0 Å². The number of rotatable bonds is 3. The Labute approximate surface area is 155 Å². The molecule has 7 heteroatoms. The molecule has 5 nitrogen and oxygen atoms in total. The topological polar surface area (TPSA) is 78.7 Å². The number of thiazole rings is 1. The van der Waals surface area contributed by atoms with Crippen LogP contribution in [-0.2, 0) is 17.4 Å². The first kappa shape index (κ1) is 15.5. The normalized spacial score (nSPS) is 15.7. The van der Waals surface area contributed by atoms with E-state index in [-0.39, 0.29) is 18.5 Å². The molecule has 2 aliphatic rings. The fourth-order valence-corrected chi connectivity index (χ4v) is 4.29. The molecule has 0 radical (unpaired) electrons. The van der Waals surface area contributed by atoms with Gasteiger partial charge >= 0.3 is 0 Å². The molecule has 26 heavy (non-hydrogen) atoms. The van der Waals surface area contributed by atoms with Crippen molar-refractivity contribution in [1.29, 1.82) is 5.26 Å². The van der Waals surface area contributed by atoms with Crippen LogP contribution in [0.15, 0.2) is 30.3 Å². The Morgan fingerprint density at radius 3 is 2.85 bits per heavy atom. The van der Waals surface area contributed by atoms with E-state index in [2.05, 4.69) is 34.5 Å². The van der Waals surface area contributed by atoms with Crippen LogP contribution in [0.25, 0.3) is 21.6 Å². The Morgan fingerprint density at radius 1 is 1.19 bits per heavy atom. The number of fused-ring (bicyclic) bond motifs is 2. The first-order valence-corrected chi connectivity index (χ1v) is 9.61. The Balaban J connectivity index is 1.44. The van der Waals surface area contributed by atoms with E-state index >= 15 is 0 Å². The van der Waals surface area contributed by atoms with E-state index in [1.807, 2.05) is 12.1 Å². The molecule has 1 aliphatic heterocycles. The summed E-state index contributed by atoms with van der Waals surface area (Å²) >= 11 is 1.41. The van der Waals surface area contributed by atoms with Crippen molar-refractivity contribution in [2.75, 3.05) is 5.32 Å². The minimum absolute atomic E-state index is 0.0648. The van der Waals surface area contributed by atoms with Crippen molar-refractivity contribution in [3.63, 3.8) is 0 Å². The maximum Gasteiger partial charge on any atom is 0.276 e. The fourth-order valence-electron chi connectivity index (χ4n) is 3.45. The number of benzene rings is 1. The maximum atomic E-state index is 11.9. The van der Waals surface area contributed by atoms with Crippen molar-refractivity contribution in [2.45, 2.75) is 25.5 Å². The van der Waals surface area contributed by atoms with Gasteiger partial charge in [-0.25, -0.2) is 15.2 Å². The molecule has 5 rings (SSSR count). The molecule has 0 unspecified atom stereocenters. The third-order valence-electron chi connectivity index (χ3n) is 5.05. The first-order valence-electron chi connectivity index (χ1n) is 8.80. The summed E-state index contributed by atoms with van der Waals surface area (Å²) in [7, 11) is 0. The summed E-state index contributed by atoms with van der Waals surface area (Å²) in [6, 6.07) is 10.3. The Kier molecular flexibility index (Phi) is 3.54. The number of hydrogen-bond acceptors (Lipinski definition) is 5. The predicted octanol–water partition coefficient (Wildman–Crippen LogP) is 3.44. The van der Waals surface area contributed by atoms with E-state index in [1.54, 1.807) is 0 Å². The van der Waals surface area contributed by atoms with Crippen molar-refractivity contribution in [3.05, 3.63) is 41.5 Å². The molecule has 1 N–H and O–H groups in total. The number of aromatic nitrogens is 2. The lowest BCUT2D eigenvalue weighted by atomic mass is 9.49. The predicted molar refractivity (Wildman–Crippen MR) is 103 cm³/mol. The molecule has 3 aromatic rings. The van der Waals surface area contributed by atoms with Crippen LogP contribution in [0.3, 0.4) is 0 Å². The molecule has 1 aromatic carbocycles. The van der Waals surface area contributed by atoms with Gasteiger partial charge in [-0.3, -0.25) is 4.79 Å². The molecule has 0 spiro atoms. The van der Waals surface area contributed by atoms with Crippen LogP contribution in [-0.4, -0.2) is 22.6 Å². The fraction of sp³-hybridized carbons (Fsp3) is 0.263. The highest BCUT2D eigenvalue weighted by Crippen LogP contribution is 2.33. The smallest absolute Gasteiger partial charge is 0.276 e. The molecule has 1 amide bonds. The summed E-state index contributed by atoms with van der Waals surface area (Å²) in [5.41, 5.74) is 5.27. The summed E-state index contributed by atoms with van der Waals surface area (Å²) in [5, 5.41) is 12.7. The molecular weight excluding hydrogens is 343 g/mol. The zero-order chi connectivity index (χ0) is 17.7. The summed E-state index contributed by atoms with van der Waals surface area (Å²) in [6.45, 7) is 0.0924. The van der Waals surface area contributed by atoms with Crippen LogP contribution in [0.1, 0.15) is 24.0 Å². The molecule has 0 atom stereocenters. The average Bonchev–Trinajstić information content (AvgIpc) is 3.30. The van der Waals surface area contributed by atoms with Gasteiger partial charge in [-0.15, -0.1) is 0 Å². The highest BCUT2D eigenvalue weighted by molar-refractivity contribution is 7.22. The van der Waals surface area contributed by atoms with Gasteiger partial charge in [0, 0.05) is 17.4 Å². The molecule has 3 heterocycles. The van der Waals surface area contributed by atoms with Gasteiger partial charge in [0.1, 0.15) is 10.3 Å². The molecule has 1 aliphatic carbocycles. The number of carbonyl (C=O) groups is 1. The number of hydrogen-bond donors (Lipinski definition) is 1. The summed E-state index contributed by atoms with van der Waals surface area (Å²) in [6.07, 6.45) is 3.62. The summed E-state index contributed by atoms with van der Waals surface area (Å²) < 4.78 is 0. The number of amides is 1. The minimum Gasteiger partial charge on any atom is -0.302 e. The van der Waals surface area contributed by atoms with E-state index in [0.29, 0.717) is 5.13 Å². The van der Waals surface area contributed by atoms with Crippen LogP contribution in [0.2, 0.25) is 0 Å². The molecule has 0 bridgehead atoms. The van der Waals surface area contributed by atoms with E-state index in [4.69, 9.17) is 10.2 Å². The summed E-state index contributed by atoms with van der Waals surface area (Å²) in [4.78, 5) is 21.9. The SMILES string of the molecule is N#CB1Cc2ccc(-c3ccc4nc(NC(=O)C5CC5)sc4n3)cc2C1.